The highest BCUT2D eigenvalue weighted by molar-refractivity contribution is 9.11. The van der Waals surface area contributed by atoms with Crippen molar-refractivity contribution in [3.8, 4) is 5.75 Å². The molecule has 8 heteroatoms. The van der Waals surface area contributed by atoms with Gasteiger partial charge in [-0.1, -0.05) is 39.7 Å². The van der Waals surface area contributed by atoms with Gasteiger partial charge in [0, 0.05) is 15.1 Å². The van der Waals surface area contributed by atoms with Crippen molar-refractivity contribution < 1.29 is 9.90 Å². The van der Waals surface area contributed by atoms with Crippen LogP contribution in [0.5, 0.6) is 5.75 Å². The summed E-state index contributed by atoms with van der Waals surface area (Å²) >= 11 is 15.7. The number of hydrogen-bond donors (Lipinski definition) is 2. The summed E-state index contributed by atoms with van der Waals surface area (Å²) in [5, 5.41) is 14.4. The minimum atomic E-state index is -0.253. The van der Waals surface area contributed by atoms with Crippen molar-refractivity contribution in [1.29, 1.82) is 0 Å². The number of carbonyl (C=O) groups excluding carboxylic acids is 1. The lowest BCUT2D eigenvalue weighted by atomic mass is 10.1. The molecule has 2 aromatic rings. The number of phenols is 1. The number of hydrazone groups is 1. The Hall–Kier alpha value is -0.890. The van der Waals surface area contributed by atoms with E-state index in [4.69, 9.17) is 11.6 Å². The maximum absolute atomic E-state index is 11.8. The van der Waals surface area contributed by atoms with E-state index in [1.54, 1.807) is 30.3 Å². The van der Waals surface area contributed by atoms with Gasteiger partial charge in [-0.05, 0) is 55.6 Å². The van der Waals surface area contributed by atoms with Crippen LogP contribution in [0.1, 0.15) is 11.1 Å². The molecule has 0 saturated carbocycles. The summed E-state index contributed by atoms with van der Waals surface area (Å²) in [6.45, 7) is 0. The van der Waals surface area contributed by atoms with E-state index >= 15 is 0 Å². The first-order valence-corrected chi connectivity index (χ1v) is 9.07. The van der Waals surface area contributed by atoms with Crippen molar-refractivity contribution in [3.63, 3.8) is 0 Å². The summed E-state index contributed by atoms with van der Waals surface area (Å²) in [4.78, 5) is 11.8. The fraction of sp³-hybridized carbons (Fsp3) is 0.0667. The molecule has 0 heterocycles. The minimum Gasteiger partial charge on any atom is -0.506 e. The van der Waals surface area contributed by atoms with Crippen LogP contribution < -0.4 is 5.43 Å². The normalized spacial score (nSPS) is 11.0. The van der Waals surface area contributed by atoms with Crippen LogP contribution in [0.25, 0.3) is 0 Å². The summed E-state index contributed by atoms with van der Waals surface area (Å²) in [6, 6.07) is 8.71. The molecular weight excluding hydrogens is 515 g/mol. The zero-order valence-electron chi connectivity index (χ0n) is 11.5. The number of rotatable bonds is 4. The molecule has 1 amide bonds. The highest BCUT2D eigenvalue weighted by Crippen LogP contribution is 2.38. The summed E-state index contributed by atoms with van der Waals surface area (Å²) in [5.41, 5.74) is 3.89. The average molecular weight is 525 g/mol. The molecule has 0 unspecified atom stereocenters. The number of nitrogens with zero attached hydrogens (tertiary/aromatic N) is 1. The lowest BCUT2D eigenvalue weighted by molar-refractivity contribution is -0.120. The zero-order valence-corrected chi connectivity index (χ0v) is 17.0. The molecule has 0 bridgehead atoms. The average Bonchev–Trinajstić information content (AvgIpc) is 2.51. The molecule has 2 rings (SSSR count). The number of benzene rings is 2. The number of aromatic hydroxyl groups is 1. The fourth-order valence-electron chi connectivity index (χ4n) is 1.71. The van der Waals surface area contributed by atoms with Crippen molar-refractivity contribution >= 4 is 71.5 Å². The van der Waals surface area contributed by atoms with Gasteiger partial charge in [0.25, 0.3) is 0 Å². The molecule has 0 spiro atoms. The molecule has 0 aliphatic carbocycles. The first kappa shape index (κ1) is 18.4. The van der Waals surface area contributed by atoms with E-state index in [0.717, 1.165) is 5.56 Å². The largest absolute Gasteiger partial charge is 0.506 e. The Kier molecular flexibility index (Phi) is 6.64. The number of phenolic OH excluding ortho intramolecular Hbond substituents is 1. The number of hydrogen-bond acceptors (Lipinski definition) is 3. The second-order valence-electron chi connectivity index (χ2n) is 4.51. The van der Waals surface area contributed by atoms with E-state index in [1.165, 1.54) is 6.21 Å². The molecule has 4 nitrogen and oxygen atoms in total. The molecule has 0 aliphatic heterocycles. The fourth-order valence-corrected chi connectivity index (χ4v) is 4.16. The summed E-state index contributed by atoms with van der Waals surface area (Å²) in [5.74, 6) is -0.195. The second-order valence-corrected chi connectivity index (χ2v) is 7.45. The third-order valence-corrected chi connectivity index (χ3v) is 5.16. The standard InChI is InChI=1S/C15H10Br3ClN2O2/c16-11-6-12(17)15(23)14(18)10(11)7-20-21-13(22)5-8-1-3-9(19)4-2-8/h1-4,6-7,23H,5H2,(H,21,22)/b20-7+. The van der Waals surface area contributed by atoms with E-state index in [1.807, 2.05) is 0 Å². The van der Waals surface area contributed by atoms with Gasteiger partial charge in [0.2, 0.25) is 5.91 Å². The van der Waals surface area contributed by atoms with E-state index in [-0.39, 0.29) is 18.1 Å². The van der Waals surface area contributed by atoms with Crippen LogP contribution in [0.15, 0.2) is 48.9 Å². The van der Waals surface area contributed by atoms with Crippen molar-refractivity contribution in [1.82, 2.24) is 5.43 Å². The van der Waals surface area contributed by atoms with Crippen molar-refractivity contribution in [2.24, 2.45) is 5.10 Å². The van der Waals surface area contributed by atoms with Crippen LogP contribution in [0, 0.1) is 0 Å². The first-order chi connectivity index (χ1) is 10.9. The van der Waals surface area contributed by atoms with Gasteiger partial charge in [0.15, 0.2) is 0 Å². The number of amides is 1. The van der Waals surface area contributed by atoms with Gasteiger partial charge in [-0.25, -0.2) is 5.43 Å². The molecule has 0 fully saturated rings. The smallest absolute Gasteiger partial charge is 0.244 e. The zero-order chi connectivity index (χ0) is 17.0. The van der Waals surface area contributed by atoms with E-state index in [2.05, 4.69) is 58.3 Å². The maximum atomic E-state index is 11.8. The second kappa shape index (κ2) is 8.28. The van der Waals surface area contributed by atoms with Crippen LogP contribution in [-0.2, 0) is 11.2 Å². The predicted octanol–water partition coefficient (Wildman–Crippen LogP) is 5.03. The van der Waals surface area contributed by atoms with E-state index in [9.17, 15) is 9.90 Å². The van der Waals surface area contributed by atoms with Crippen molar-refractivity contribution in [3.05, 3.63) is 59.9 Å². The topological polar surface area (TPSA) is 61.7 Å². The summed E-state index contributed by atoms with van der Waals surface area (Å²) in [7, 11) is 0. The first-order valence-electron chi connectivity index (χ1n) is 6.31. The van der Waals surface area contributed by atoms with Gasteiger partial charge in [0.05, 0.1) is 21.6 Å². The van der Waals surface area contributed by atoms with Crippen molar-refractivity contribution in [2.75, 3.05) is 0 Å². The van der Waals surface area contributed by atoms with Gasteiger partial charge in [-0.3, -0.25) is 4.79 Å². The number of carbonyl (C=O) groups is 1. The van der Waals surface area contributed by atoms with Crippen LogP contribution in [0.3, 0.4) is 0 Å². The van der Waals surface area contributed by atoms with Crippen LogP contribution in [-0.4, -0.2) is 17.2 Å². The van der Waals surface area contributed by atoms with E-state index in [0.29, 0.717) is 24.0 Å². The Morgan fingerprint density at radius 2 is 1.87 bits per heavy atom. The highest BCUT2D eigenvalue weighted by Gasteiger charge is 2.12. The Morgan fingerprint density at radius 1 is 1.22 bits per heavy atom. The molecule has 0 aromatic heterocycles. The summed E-state index contributed by atoms with van der Waals surface area (Å²) < 4.78 is 1.72. The molecular formula is C15H10Br3ClN2O2. The van der Waals surface area contributed by atoms with E-state index < -0.39 is 0 Å². The lowest BCUT2D eigenvalue weighted by Crippen LogP contribution is -2.19. The van der Waals surface area contributed by atoms with Crippen LogP contribution >= 0.6 is 59.4 Å². The monoisotopic (exact) mass is 522 g/mol. The number of halogens is 4. The highest BCUT2D eigenvalue weighted by atomic mass is 79.9. The maximum Gasteiger partial charge on any atom is 0.244 e. The summed E-state index contributed by atoms with van der Waals surface area (Å²) in [6.07, 6.45) is 1.64. The molecule has 2 N–H and O–H groups in total. The SMILES string of the molecule is O=C(Cc1ccc(Cl)cc1)N/N=C/c1c(Br)cc(Br)c(O)c1Br. The van der Waals surface area contributed by atoms with Crippen molar-refractivity contribution in [2.45, 2.75) is 6.42 Å². The van der Waals surface area contributed by atoms with Gasteiger partial charge in [0.1, 0.15) is 5.75 Å². The molecule has 120 valence electrons. The molecule has 0 radical (unpaired) electrons. The molecule has 23 heavy (non-hydrogen) atoms. The third kappa shape index (κ3) is 5.04. The Balaban J connectivity index is 2.03. The predicted molar refractivity (Wildman–Crippen MR) is 102 cm³/mol. The Bertz CT molecular complexity index is 764. The van der Waals surface area contributed by atoms with Crippen LogP contribution in [0.4, 0.5) is 0 Å². The Morgan fingerprint density at radius 3 is 2.52 bits per heavy atom. The molecule has 0 saturated heterocycles. The van der Waals surface area contributed by atoms with Gasteiger partial charge < -0.3 is 5.11 Å². The number of nitrogens with one attached hydrogen (secondary N) is 1. The molecule has 0 atom stereocenters. The Labute approximate surface area is 163 Å². The minimum absolute atomic E-state index is 0.0575. The van der Waals surface area contributed by atoms with Gasteiger partial charge in [-0.2, -0.15) is 5.10 Å². The quantitative estimate of drug-likeness (QED) is 0.435. The molecule has 2 aromatic carbocycles. The van der Waals surface area contributed by atoms with Crippen LogP contribution in [0.2, 0.25) is 5.02 Å². The lowest BCUT2D eigenvalue weighted by Gasteiger charge is -2.06. The molecule has 0 aliphatic rings. The van der Waals surface area contributed by atoms with Gasteiger partial charge in [-0.15, -0.1) is 0 Å². The third-order valence-electron chi connectivity index (χ3n) is 2.84. The van der Waals surface area contributed by atoms with Gasteiger partial charge >= 0.3 is 0 Å².